The summed E-state index contributed by atoms with van der Waals surface area (Å²) in [6.45, 7) is 3.79. The molecule has 132 valence electrons. The molecule has 7 nitrogen and oxygen atoms in total. The zero-order valence-corrected chi connectivity index (χ0v) is 15.6. The van der Waals surface area contributed by atoms with Gasteiger partial charge in [-0.05, 0) is 61.0 Å². The molecule has 9 heteroatoms. The summed E-state index contributed by atoms with van der Waals surface area (Å²) in [7, 11) is 0. The highest BCUT2D eigenvalue weighted by molar-refractivity contribution is 8.03. The molecule has 0 unspecified atom stereocenters. The van der Waals surface area contributed by atoms with Crippen LogP contribution in [0.1, 0.15) is 11.1 Å². The van der Waals surface area contributed by atoms with Crippen LogP contribution in [0.4, 0.5) is 5.69 Å². The number of carbonyl (C=O) groups is 1. The standard InChI is InChI=1S/C17H14N4O3S2/c1-10-6-12(26-9-18)7-11(2)15(10)19-14(22)8-25-17-21-20-16(24-17)13-4-3-5-23-13/h3-7H,8H2,1-2H3,(H,19,22). The monoisotopic (exact) mass is 386 g/mol. The van der Waals surface area contributed by atoms with Gasteiger partial charge < -0.3 is 14.2 Å². The van der Waals surface area contributed by atoms with Crippen molar-refractivity contribution in [2.75, 3.05) is 11.1 Å². The van der Waals surface area contributed by atoms with Crippen LogP contribution in [0.5, 0.6) is 0 Å². The van der Waals surface area contributed by atoms with Crippen molar-refractivity contribution in [3.05, 3.63) is 41.7 Å². The van der Waals surface area contributed by atoms with Crippen molar-refractivity contribution in [1.29, 1.82) is 5.26 Å². The molecule has 3 rings (SSSR count). The lowest BCUT2D eigenvalue weighted by Gasteiger charge is -2.12. The molecule has 0 aliphatic heterocycles. The first-order valence-electron chi connectivity index (χ1n) is 7.54. The van der Waals surface area contributed by atoms with Crippen molar-refractivity contribution in [3.8, 4) is 17.1 Å². The van der Waals surface area contributed by atoms with E-state index in [1.165, 1.54) is 6.26 Å². The number of rotatable bonds is 6. The lowest BCUT2D eigenvalue weighted by Crippen LogP contribution is -2.15. The lowest BCUT2D eigenvalue weighted by molar-refractivity contribution is -0.113. The van der Waals surface area contributed by atoms with E-state index in [9.17, 15) is 4.79 Å². The van der Waals surface area contributed by atoms with E-state index in [-0.39, 0.29) is 17.6 Å². The number of thiocyanates is 1. The number of furan rings is 1. The summed E-state index contributed by atoms with van der Waals surface area (Å²) in [5, 5.41) is 21.8. The lowest BCUT2D eigenvalue weighted by atomic mass is 10.1. The van der Waals surface area contributed by atoms with Gasteiger partial charge in [-0.2, -0.15) is 5.26 Å². The topological polar surface area (TPSA) is 105 Å². The van der Waals surface area contributed by atoms with E-state index in [0.29, 0.717) is 11.0 Å². The van der Waals surface area contributed by atoms with Gasteiger partial charge in [0, 0.05) is 10.6 Å². The molecule has 2 heterocycles. The van der Waals surface area contributed by atoms with Crippen LogP contribution in [0.15, 0.2) is 49.5 Å². The molecular formula is C17H14N4O3S2. The van der Waals surface area contributed by atoms with Crippen molar-refractivity contribution >= 4 is 35.1 Å². The van der Waals surface area contributed by atoms with Gasteiger partial charge in [0.05, 0.1) is 12.0 Å². The van der Waals surface area contributed by atoms with E-state index in [0.717, 1.165) is 45.2 Å². The first-order valence-corrected chi connectivity index (χ1v) is 9.34. The summed E-state index contributed by atoms with van der Waals surface area (Å²) in [5.74, 6) is 0.707. The highest BCUT2D eigenvalue weighted by Gasteiger charge is 2.14. The smallest absolute Gasteiger partial charge is 0.284 e. The Morgan fingerprint density at radius 3 is 2.73 bits per heavy atom. The largest absolute Gasteiger partial charge is 0.459 e. The molecule has 3 aromatic rings. The third-order valence-corrected chi connectivity index (χ3v) is 4.78. The fraction of sp³-hybridized carbons (Fsp3) is 0.176. The zero-order valence-electron chi connectivity index (χ0n) is 14.0. The van der Waals surface area contributed by atoms with Crippen LogP contribution in [-0.4, -0.2) is 21.9 Å². The number of aryl methyl sites for hydroxylation is 2. The predicted molar refractivity (Wildman–Crippen MR) is 98.7 cm³/mol. The summed E-state index contributed by atoms with van der Waals surface area (Å²) < 4.78 is 10.6. The Kier molecular flexibility index (Phi) is 5.65. The Morgan fingerprint density at radius 2 is 2.08 bits per heavy atom. The molecule has 26 heavy (non-hydrogen) atoms. The number of hydrogen-bond donors (Lipinski definition) is 1. The van der Waals surface area contributed by atoms with Crippen molar-refractivity contribution in [3.63, 3.8) is 0 Å². The van der Waals surface area contributed by atoms with E-state index < -0.39 is 0 Å². The SMILES string of the molecule is Cc1cc(SC#N)cc(C)c1NC(=O)CSc1nnc(-c2ccco2)o1. The minimum absolute atomic E-state index is 0.132. The van der Waals surface area contributed by atoms with Gasteiger partial charge in [0.25, 0.3) is 11.1 Å². The van der Waals surface area contributed by atoms with Crippen LogP contribution in [0.25, 0.3) is 11.7 Å². The summed E-state index contributed by atoms with van der Waals surface area (Å²) in [5.41, 5.74) is 2.55. The van der Waals surface area contributed by atoms with E-state index in [1.54, 1.807) is 12.1 Å². The Labute approximate surface area is 158 Å². The number of aromatic nitrogens is 2. The number of benzene rings is 1. The first-order chi connectivity index (χ1) is 12.6. The normalized spacial score (nSPS) is 10.5. The van der Waals surface area contributed by atoms with Gasteiger partial charge >= 0.3 is 0 Å². The van der Waals surface area contributed by atoms with E-state index in [4.69, 9.17) is 14.1 Å². The van der Waals surface area contributed by atoms with Crippen LogP contribution < -0.4 is 5.32 Å². The third kappa shape index (κ3) is 4.28. The summed E-state index contributed by atoms with van der Waals surface area (Å²) >= 11 is 2.24. The Morgan fingerprint density at radius 1 is 1.31 bits per heavy atom. The van der Waals surface area contributed by atoms with Gasteiger partial charge in [0.15, 0.2) is 5.76 Å². The van der Waals surface area contributed by atoms with Crippen molar-refractivity contribution in [1.82, 2.24) is 10.2 Å². The van der Waals surface area contributed by atoms with E-state index >= 15 is 0 Å². The maximum atomic E-state index is 12.2. The van der Waals surface area contributed by atoms with Crippen molar-refractivity contribution < 1.29 is 13.6 Å². The first kappa shape index (κ1) is 18.1. The van der Waals surface area contributed by atoms with Gasteiger partial charge in [-0.25, -0.2) is 0 Å². The van der Waals surface area contributed by atoms with Gasteiger partial charge in [0.1, 0.15) is 5.40 Å². The number of nitrogens with zero attached hydrogens (tertiary/aromatic N) is 3. The Hall–Kier alpha value is -2.70. The highest BCUT2D eigenvalue weighted by Crippen LogP contribution is 2.28. The van der Waals surface area contributed by atoms with Gasteiger partial charge in [-0.15, -0.1) is 10.2 Å². The van der Waals surface area contributed by atoms with E-state index in [2.05, 4.69) is 15.5 Å². The highest BCUT2D eigenvalue weighted by atomic mass is 32.2. The van der Waals surface area contributed by atoms with Crippen LogP contribution in [0.2, 0.25) is 0 Å². The Bertz CT molecular complexity index is 938. The number of anilines is 1. The van der Waals surface area contributed by atoms with Gasteiger partial charge in [-0.1, -0.05) is 11.8 Å². The maximum Gasteiger partial charge on any atom is 0.284 e. The fourth-order valence-electron chi connectivity index (χ4n) is 2.30. The molecule has 0 saturated carbocycles. The number of thioether (sulfide) groups is 2. The number of amides is 1. The molecule has 0 radical (unpaired) electrons. The molecule has 1 amide bonds. The van der Waals surface area contributed by atoms with Gasteiger partial charge in [0.2, 0.25) is 5.91 Å². The number of carbonyl (C=O) groups excluding carboxylic acids is 1. The van der Waals surface area contributed by atoms with Crippen LogP contribution in [0, 0.1) is 24.5 Å². The molecule has 0 saturated heterocycles. The minimum atomic E-state index is -0.181. The summed E-state index contributed by atoms with van der Waals surface area (Å²) in [6, 6.07) is 7.19. The van der Waals surface area contributed by atoms with E-state index in [1.807, 2.05) is 31.4 Å². The molecule has 0 aliphatic carbocycles. The van der Waals surface area contributed by atoms with Crippen molar-refractivity contribution in [2.45, 2.75) is 24.0 Å². The molecule has 2 aromatic heterocycles. The average Bonchev–Trinajstić information content (AvgIpc) is 3.27. The second kappa shape index (κ2) is 8.12. The second-order valence-corrected chi connectivity index (χ2v) is 7.10. The Balaban J connectivity index is 1.60. The molecule has 1 N–H and O–H groups in total. The minimum Gasteiger partial charge on any atom is -0.459 e. The van der Waals surface area contributed by atoms with Crippen LogP contribution in [0.3, 0.4) is 0 Å². The van der Waals surface area contributed by atoms with Crippen LogP contribution >= 0.6 is 23.5 Å². The molecule has 0 aliphatic rings. The quantitative estimate of drug-likeness (QED) is 0.495. The number of nitrogens with one attached hydrogen (secondary N) is 1. The fourth-order valence-corrected chi connectivity index (χ4v) is 3.44. The molecule has 0 spiro atoms. The molecule has 0 atom stereocenters. The summed E-state index contributed by atoms with van der Waals surface area (Å²) in [6.07, 6.45) is 1.52. The zero-order chi connectivity index (χ0) is 18.5. The average molecular weight is 386 g/mol. The second-order valence-electron chi connectivity index (χ2n) is 5.31. The molecule has 0 bridgehead atoms. The molecular weight excluding hydrogens is 372 g/mol. The summed E-state index contributed by atoms with van der Waals surface area (Å²) in [4.78, 5) is 13.1. The predicted octanol–water partition coefficient (Wildman–Crippen LogP) is 4.25. The third-order valence-electron chi connectivity index (χ3n) is 3.40. The molecule has 0 fully saturated rings. The number of nitriles is 1. The van der Waals surface area contributed by atoms with Gasteiger partial charge in [-0.3, -0.25) is 4.79 Å². The van der Waals surface area contributed by atoms with Crippen LogP contribution in [-0.2, 0) is 4.79 Å². The maximum absolute atomic E-state index is 12.2. The number of hydrogen-bond acceptors (Lipinski definition) is 8. The molecule has 1 aromatic carbocycles. The van der Waals surface area contributed by atoms with Crippen molar-refractivity contribution in [2.24, 2.45) is 0 Å².